The van der Waals surface area contributed by atoms with Gasteiger partial charge >= 0.3 is 6.61 Å². The van der Waals surface area contributed by atoms with Gasteiger partial charge in [0.15, 0.2) is 5.69 Å². The van der Waals surface area contributed by atoms with Crippen LogP contribution in [0.2, 0.25) is 0 Å². The van der Waals surface area contributed by atoms with Crippen LogP contribution in [0.5, 0.6) is 5.75 Å². The Morgan fingerprint density at radius 3 is 2.58 bits per heavy atom. The predicted molar refractivity (Wildman–Crippen MR) is 131 cm³/mol. The molecule has 0 aliphatic rings. The number of carbonyl (C=O) groups excluding carboxylic acids is 1. The monoisotopic (exact) mass is 493 g/mol. The van der Waals surface area contributed by atoms with Crippen molar-refractivity contribution in [2.75, 3.05) is 11.9 Å². The van der Waals surface area contributed by atoms with Crippen molar-refractivity contribution in [1.29, 1.82) is 0 Å². The van der Waals surface area contributed by atoms with E-state index < -0.39 is 6.61 Å². The molecular formula is C26H25F2N5O3. The minimum atomic E-state index is -2.87. The van der Waals surface area contributed by atoms with E-state index in [-0.39, 0.29) is 23.2 Å². The number of aromatic nitrogens is 4. The first-order valence-corrected chi connectivity index (χ1v) is 11.4. The zero-order valence-electron chi connectivity index (χ0n) is 19.6. The molecule has 0 saturated heterocycles. The highest BCUT2D eigenvalue weighted by Gasteiger charge is 2.17. The standard InChI is InChI=1S/C26H25F2N5O3/c1-32(21-10-5-19(6-11-21)4-2-3-16-33-17-15-29-31-33)25(34)23-18-35-24(30-23)14-9-20-7-12-22(13-8-20)36-26(27)28/h5-15,17-18,26H,2-4,16H2,1H3. The van der Waals surface area contributed by atoms with Crippen LogP contribution in [-0.2, 0) is 13.0 Å². The van der Waals surface area contributed by atoms with Gasteiger partial charge in [-0.15, -0.1) is 5.10 Å². The van der Waals surface area contributed by atoms with Gasteiger partial charge in [-0.25, -0.2) is 4.98 Å². The molecule has 8 nitrogen and oxygen atoms in total. The maximum Gasteiger partial charge on any atom is 0.387 e. The fraction of sp³-hybridized carbons (Fsp3) is 0.231. The number of halogens is 2. The molecule has 0 fully saturated rings. The molecule has 0 radical (unpaired) electrons. The lowest BCUT2D eigenvalue weighted by Gasteiger charge is -2.16. The Kier molecular flexibility index (Phi) is 8.17. The third-order valence-electron chi connectivity index (χ3n) is 5.47. The summed E-state index contributed by atoms with van der Waals surface area (Å²) in [6.07, 6.45) is 11.1. The number of rotatable bonds is 11. The summed E-state index contributed by atoms with van der Waals surface area (Å²) in [4.78, 5) is 18.6. The van der Waals surface area contributed by atoms with Gasteiger partial charge in [0.1, 0.15) is 12.0 Å². The first-order chi connectivity index (χ1) is 17.5. The molecule has 0 N–H and O–H groups in total. The normalized spacial score (nSPS) is 11.3. The summed E-state index contributed by atoms with van der Waals surface area (Å²) >= 11 is 0. The fourth-order valence-electron chi connectivity index (χ4n) is 3.52. The third kappa shape index (κ3) is 6.84. The summed E-state index contributed by atoms with van der Waals surface area (Å²) in [5.41, 5.74) is 2.85. The van der Waals surface area contributed by atoms with Gasteiger partial charge in [-0.3, -0.25) is 9.48 Å². The van der Waals surface area contributed by atoms with E-state index in [1.807, 2.05) is 35.1 Å². The van der Waals surface area contributed by atoms with Gasteiger partial charge in [-0.05, 0) is 60.7 Å². The topological polar surface area (TPSA) is 86.3 Å². The molecule has 0 spiro atoms. The van der Waals surface area contributed by atoms with Gasteiger partial charge < -0.3 is 14.1 Å². The molecule has 0 saturated carbocycles. The zero-order valence-corrected chi connectivity index (χ0v) is 19.6. The van der Waals surface area contributed by atoms with Gasteiger partial charge in [-0.1, -0.05) is 29.5 Å². The summed E-state index contributed by atoms with van der Waals surface area (Å²) in [6.45, 7) is -2.03. The van der Waals surface area contributed by atoms with Crippen molar-refractivity contribution in [3.63, 3.8) is 0 Å². The van der Waals surface area contributed by atoms with Crippen molar-refractivity contribution < 1.29 is 22.7 Å². The lowest BCUT2D eigenvalue weighted by atomic mass is 10.1. The van der Waals surface area contributed by atoms with Crippen LogP contribution in [0, 0.1) is 0 Å². The molecular weight excluding hydrogens is 468 g/mol. The number of hydrogen-bond acceptors (Lipinski definition) is 6. The molecule has 4 aromatic rings. The van der Waals surface area contributed by atoms with E-state index >= 15 is 0 Å². The van der Waals surface area contributed by atoms with E-state index in [1.165, 1.54) is 28.9 Å². The Bertz CT molecular complexity index is 1270. The Balaban J connectivity index is 1.29. The molecule has 2 heterocycles. The Morgan fingerprint density at radius 1 is 1.11 bits per heavy atom. The number of anilines is 1. The molecule has 0 aliphatic heterocycles. The molecule has 10 heteroatoms. The Hall–Kier alpha value is -4.34. The SMILES string of the molecule is CN(C(=O)c1coc(C=Cc2ccc(OC(F)F)cc2)n1)c1ccc(CCCCn2ccnn2)cc1. The minimum Gasteiger partial charge on any atom is -0.444 e. The highest BCUT2D eigenvalue weighted by atomic mass is 19.3. The van der Waals surface area contributed by atoms with Crippen molar-refractivity contribution in [3.8, 4) is 5.75 Å². The first kappa shape index (κ1) is 24.8. The van der Waals surface area contributed by atoms with Gasteiger partial charge in [0.2, 0.25) is 5.89 Å². The number of ether oxygens (including phenoxy) is 1. The maximum absolute atomic E-state index is 12.9. The lowest BCUT2D eigenvalue weighted by molar-refractivity contribution is -0.0498. The summed E-state index contributed by atoms with van der Waals surface area (Å²) in [6, 6.07) is 14.0. The number of nitrogens with zero attached hydrogens (tertiary/aromatic N) is 5. The number of carbonyl (C=O) groups is 1. The molecule has 36 heavy (non-hydrogen) atoms. The average Bonchev–Trinajstić information content (AvgIpc) is 3.58. The van der Waals surface area contributed by atoms with Crippen molar-refractivity contribution in [2.24, 2.45) is 0 Å². The maximum atomic E-state index is 12.9. The molecule has 2 aromatic carbocycles. The van der Waals surface area contributed by atoms with Crippen molar-refractivity contribution >= 4 is 23.7 Å². The fourth-order valence-corrected chi connectivity index (χ4v) is 3.52. The summed E-state index contributed by atoms with van der Waals surface area (Å²) in [5, 5.41) is 7.76. The number of benzene rings is 2. The number of alkyl halides is 2. The summed E-state index contributed by atoms with van der Waals surface area (Å²) in [7, 11) is 1.68. The highest BCUT2D eigenvalue weighted by molar-refractivity contribution is 6.04. The second-order valence-corrected chi connectivity index (χ2v) is 8.01. The zero-order chi connectivity index (χ0) is 25.3. The number of unbranched alkanes of at least 4 members (excludes halogenated alkanes) is 1. The molecule has 0 atom stereocenters. The van der Waals surface area contributed by atoms with Crippen LogP contribution in [0.25, 0.3) is 12.2 Å². The van der Waals surface area contributed by atoms with E-state index in [0.29, 0.717) is 0 Å². The molecule has 0 bridgehead atoms. The lowest BCUT2D eigenvalue weighted by Crippen LogP contribution is -2.26. The number of oxazole rings is 1. The summed E-state index contributed by atoms with van der Waals surface area (Å²) in [5.74, 6) is 0.0266. The van der Waals surface area contributed by atoms with E-state index in [2.05, 4.69) is 20.0 Å². The Labute approximate surface area is 206 Å². The second-order valence-electron chi connectivity index (χ2n) is 8.01. The van der Waals surface area contributed by atoms with Gasteiger partial charge in [0.05, 0.1) is 6.20 Å². The van der Waals surface area contributed by atoms with Crippen molar-refractivity contribution in [1.82, 2.24) is 20.0 Å². The van der Waals surface area contributed by atoms with Crippen LogP contribution in [-0.4, -0.2) is 39.5 Å². The number of hydrogen-bond donors (Lipinski definition) is 0. The molecule has 0 unspecified atom stereocenters. The van der Waals surface area contributed by atoms with Crippen LogP contribution in [0.1, 0.15) is 40.3 Å². The average molecular weight is 494 g/mol. The van der Waals surface area contributed by atoms with E-state index in [9.17, 15) is 13.6 Å². The van der Waals surface area contributed by atoms with Crippen LogP contribution >= 0.6 is 0 Å². The van der Waals surface area contributed by atoms with E-state index in [0.717, 1.165) is 37.1 Å². The molecule has 1 amide bonds. The molecule has 0 aliphatic carbocycles. The van der Waals surface area contributed by atoms with Crippen LogP contribution in [0.3, 0.4) is 0 Å². The quantitative estimate of drug-likeness (QED) is 0.262. The van der Waals surface area contributed by atoms with Crippen molar-refractivity contribution in [3.05, 3.63) is 89.9 Å². The predicted octanol–water partition coefficient (Wildman–Crippen LogP) is 5.34. The van der Waals surface area contributed by atoms with Gasteiger partial charge in [0.25, 0.3) is 5.91 Å². The second kappa shape index (κ2) is 11.9. The van der Waals surface area contributed by atoms with Gasteiger partial charge in [-0.2, -0.15) is 8.78 Å². The Morgan fingerprint density at radius 2 is 1.89 bits per heavy atom. The first-order valence-electron chi connectivity index (χ1n) is 11.4. The number of aryl methyl sites for hydroxylation is 2. The molecule has 186 valence electrons. The number of amides is 1. The highest BCUT2D eigenvalue weighted by Crippen LogP contribution is 2.19. The molecule has 2 aromatic heterocycles. The van der Waals surface area contributed by atoms with Crippen molar-refractivity contribution in [2.45, 2.75) is 32.4 Å². The summed E-state index contributed by atoms with van der Waals surface area (Å²) < 4.78 is 36.0. The van der Waals surface area contributed by atoms with E-state index in [4.69, 9.17) is 4.42 Å². The van der Waals surface area contributed by atoms with Crippen LogP contribution in [0.15, 0.2) is 71.6 Å². The van der Waals surface area contributed by atoms with Crippen LogP contribution in [0.4, 0.5) is 14.5 Å². The van der Waals surface area contributed by atoms with E-state index in [1.54, 1.807) is 37.5 Å². The largest absolute Gasteiger partial charge is 0.444 e. The molecule has 4 rings (SSSR count). The van der Waals surface area contributed by atoms with Crippen LogP contribution < -0.4 is 9.64 Å². The van der Waals surface area contributed by atoms with Gasteiger partial charge in [0, 0.05) is 31.6 Å². The minimum absolute atomic E-state index is 0.0744. The smallest absolute Gasteiger partial charge is 0.387 e. The third-order valence-corrected chi connectivity index (χ3v) is 5.47.